The molecular formula is C19H20ClNO2. The highest BCUT2D eigenvalue weighted by Gasteiger charge is 2.30. The molecule has 0 spiro atoms. The molecular weight excluding hydrogens is 310 g/mol. The minimum absolute atomic E-state index is 0.000926. The second-order valence-corrected chi connectivity index (χ2v) is 6.38. The van der Waals surface area contributed by atoms with Crippen LogP contribution in [0.15, 0.2) is 42.5 Å². The SMILES string of the molecule is CC[C@H](NC(=O)[C@@H]1Cc2cc(Cl)ccc2O1)c1ccc(C)cc1. The van der Waals surface area contributed by atoms with Gasteiger partial charge in [-0.15, -0.1) is 0 Å². The number of fused-ring (bicyclic) bond motifs is 1. The number of hydrogen-bond donors (Lipinski definition) is 1. The minimum Gasteiger partial charge on any atom is -0.480 e. The molecule has 2 atom stereocenters. The van der Waals surface area contributed by atoms with Crippen molar-refractivity contribution in [2.45, 2.75) is 38.8 Å². The standard InChI is InChI=1S/C19H20ClNO2/c1-3-16(13-6-4-12(2)5-7-13)21-19(22)18-11-14-10-15(20)8-9-17(14)23-18/h4-10,16,18H,3,11H2,1-2H3,(H,21,22)/t16-,18-/m0/s1. The van der Waals surface area contributed by atoms with Gasteiger partial charge in [-0.2, -0.15) is 0 Å². The van der Waals surface area contributed by atoms with Crippen molar-refractivity contribution in [1.29, 1.82) is 0 Å². The van der Waals surface area contributed by atoms with Crippen LogP contribution in [0, 0.1) is 6.92 Å². The van der Waals surface area contributed by atoms with Gasteiger partial charge in [-0.05, 0) is 42.7 Å². The fourth-order valence-corrected chi connectivity index (χ4v) is 3.04. The van der Waals surface area contributed by atoms with Gasteiger partial charge < -0.3 is 10.1 Å². The van der Waals surface area contributed by atoms with Crippen LogP contribution in [0.3, 0.4) is 0 Å². The molecule has 1 aliphatic rings. The molecule has 0 bridgehead atoms. The molecule has 2 aromatic rings. The van der Waals surface area contributed by atoms with Crippen molar-refractivity contribution < 1.29 is 9.53 Å². The van der Waals surface area contributed by atoms with Gasteiger partial charge in [0.25, 0.3) is 5.91 Å². The first-order chi connectivity index (χ1) is 11.1. The number of aryl methyl sites for hydroxylation is 1. The van der Waals surface area contributed by atoms with E-state index < -0.39 is 6.10 Å². The van der Waals surface area contributed by atoms with Crippen LogP contribution >= 0.6 is 11.6 Å². The molecule has 1 amide bonds. The van der Waals surface area contributed by atoms with Crippen molar-refractivity contribution in [3.63, 3.8) is 0 Å². The predicted molar refractivity (Wildman–Crippen MR) is 91.9 cm³/mol. The van der Waals surface area contributed by atoms with Gasteiger partial charge in [-0.25, -0.2) is 0 Å². The Balaban J connectivity index is 1.68. The highest BCUT2D eigenvalue weighted by atomic mass is 35.5. The number of benzene rings is 2. The fraction of sp³-hybridized carbons (Fsp3) is 0.316. The van der Waals surface area contributed by atoms with E-state index in [0.29, 0.717) is 11.4 Å². The first kappa shape index (κ1) is 15.9. The number of hydrogen-bond acceptors (Lipinski definition) is 2. The third-order valence-corrected chi connectivity index (χ3v) is 4.43. The molecule has 1 aliphatic heterocycles. The van der Waals surface area contributed by atoms with Gasteiger partial charge in [0.2, 0.25) is 0 Å². The average Bonchev–Trinajstić information content (AvgIpc) is 2.96. The van der Waals surface area contributed by atoms with E-state index >= 15 is 0 Å². The van der Waals surface area contributed by atoms with Crippen LogP contribution in [0.5, 0.6) is 5.75 Å². The Kier molecular flexibility index (Phi) is 4.58. The van der Waals surface area contributed by atoms with Crippen molar-refractivity contribution >= 4 is 17.5 Å². The van der Waals surface area contributed by atoms with Crippen LogP contribution in [-0.2, 0) is 11.2 Å². The van der Waals surface area contributed by atoms with Crippen molar-refractivity contribution in [3.05, 3.63) is 64.2 Å². The molecule has 0 saturated carbocycles. The number of amides is 1. The number of carbonyl (C=O) groups is 1. The molecule has 1 N–H and O–H groups in total. The van der Waals surface area contributed by atoms with Gasteiger partial charge in [-0.3, -0.25) is 4.79 Å². The van der Waals surface area contributed by atoms with Crippen LogP contribution in [0.4, 0.5) is 0 Å². The van der Waals surface area contributed by atoms with Crippen molar-refractivity contribution in [2.24, 2.45) is 0 Å². The first-order valence-corrected chi connectivity index (χ1v) is 8.26. The minimum atomic E-state index is -0.483. The lowest BCUT2D eigenvalue weighted by Gasteiger charge is -2.20. The van der Waals surface area contributed by atoms with Gasteiger partial charge in [-0.1, -0.05) is 48.4 Å². The highest BCUT2D eigenvalue weighted by Crippen LogP contribution is 2.31. The maximum absolute atomic E-state index is 12.5. The lowest BCUT2D eigenvalue weighted by atomic mass is 10.0. The highest BCUT2D eigenvalue weighted by molar-refractivity contribution is 6.30. The monoisotopic (exact) mass is 329 g/mol. The van der Waals surface area contributed by atoms with Gasteiger partial charge in [0.15, 0.2) is 6.10 Å². The van der Waals surface area contributed by atoms with Gasteiger partial charge >= 0.3 is 0 Å². The van der Waals surface area contributed by atoms with Crippen LogP contribution in [0.2, 0.25) is 5.02 Å². The van der Waals surface area contributed by atoms with Gasteiger partial charge in [0.05, 0.1) is 6.04 Å². The lowest BCUT2D eigenvalue weighted by molar-refractivity contribution is -0.128. The summed E-state index contributed by atoms with van der Waals surface area (Å²) in [5.41, 5.74) is 3.31. The van der Waals surface area contributed by atoms with Gasteiger partial charge in [0, 0.05) is 11.4 Å². The van der Waals surface area contributed by atoms with Crippen LogP contribution in [0.1, 0.15) is 36.1 Å². The molecule has 0 aliphatic carbocycles. The molecule has 0 radical (unpaired) electrons. The van der Waals surface area contributed by atoms with E-state index in [1.165, 1.54) is 5.56 Å². The smallest absolute Gasteiger partial charge is 0.261 e. The van der Waals surface area contributed by atoms with Gasteiger partial charge in [0.1, 0.15) is 5.75 Å². The molecule has 0 unspecified atom stereocenters. The zero-order valence-corrected chi connectivity index (χ0v) is 14.1. The molecule has 4 heteroatoms. The molecule has 0 saturated heterocycles. The molecule has 2 aromatic carbocycles. The summed E-state index contributed by atoms with van der Waals surface area (Å²) < 4.78 is 5.75. The summed E-state index contributed by atoms with van der Waals surface area (Å²) in [6.45, 7) is 4.12. The largest absolute Gasteiger partial charge is 0.480 e. The molecule has 23 heavy (non-hydrogen) atoms. The van der Waals surface area contributed by atoms with Crippen molar-refractivity contribution in [1.82, 2.24) is 5.32 Å². The fourth-order valence-electron chi connectivity index (χ4n) is 2.85. The normalized spacial score (nSPS) is 17.3. The van der Waals surface area contributed by atoms with E-state index in [4.69, 9.17) is 16.3 Å². The molecule has 3 nitrogen and oxygen atoms in total. The van der Waals surface area contributed by atoms with Crippen molar-refractivity contribution in [2.75, 3.05) is 0 Å². The number of halogens is 1. The van der Waals surface area contributed by atoms with E-state index in [1.54, 1.807) is 6.07 Å². The summed E-state index contributed by atoms with van der Waals surface area (Å²) in [5, 5.41) is 3.76. The third kappa shape index (κ3) is 3.50. The quantitative estimate of drug-likeness (QED) is 0.912. The Morgan fingerprint density at radius 1 is 1.30 bits per heavy atom. The molecule has 0 fully saturated rings. The summed E-state index contributed by atoms with van der Waals surface area (Å²) >= 11 is 5.99. The van der Waals surface area contributed by atoms with Crippen LogP contribution < -0.4 is 10.1 Å². The summed E-state index contributed by atoms with van der Waals surface area (Å²) in [4.78, 5) is 12.5. The van der Waals surface area contributed by atoms with E-state index in [-0.39, 0.29) is 11.9 Å². The Hall–Kier alpha value is -2.00. The number of nitrogens with one attached hydrogen (secondary N) is 1. The van der Waals surface area contributed by atoms with E-state index in [0.717, 1.165) is 23.3 Å². The second-order valence-electron chi connectivity index (χ2n) is 5.94. The van der Waals surface area contributed by atoms with Crippen LogP contribution in [0.25, 0.3) is 0 Å². The number of rotatable bonds is 4. The first-order valence-electron chi connectivity index (χ1n) is 7.89. The molecule has 1 heterocycles. The van der Waals surface area contributed by atoms with E-state index in [1.807, 2.05) is 12.1 Å². The Bertz CT molecular complexity index is 712. The Labute approximate surface area is 141 Å². The number of ether oxygens (including phenoxy) is 1. The Morgan fingerprint density at radius 2 is 2.04 bits per heavy atom. The Morgan fingerprint density at radius 3 is 2.74 bits per heavy atom. The van der Waals surface area contributed by atoms with Crippen LogP contribution in [-0.4, -0.2) is 12.0 Å². The summed E-state index contributed by atoms with van der Waals surface area (Å²) in [6, 6.07) is 13.7. The second kappa shape index (κ2) is 6.63. The molecule has 120 valence electrons. The topological polar surface area (TPSA) is 38.3 Å². The summed E-state index contributed by atoms with van der Waals surface area (Å²) in [6.07, 6.45) is 0.912. The lowest BCUT2D eigenvalue weighted by Crippen LogP contribution is -2.39. The zero-order chi connectivity index (χ0) is 16.4. The summed E-state index contributed by atoms with van der Waals surface area (Å²) in [7, 11) is 0. The van der Waals surface area contributed by atoms with E-state index in [2.05, 4.69) is 43.4 Å². The summed E-state index contributed by atoms with van der Waals surface area (Å²) in [5.74, 6) is 0.669. The molecule has 3 rings (SSSR count). The maximum Gasteiger partial charge on any atom is 0.261 e. The van der Waals surface area contributed by atoms with Crippen molar-refractivity contribution in [3.8, 4) is 5.75 Å². The maximum atomic E-state index is 12.5. The third-order valence-electron chi connectivity index (χ3n) is 4.19. The van der Waals surface area contributed by atoms with E-state index in [9.17, 15) is 4.79 Å². The predicted octanol–water partition coefficient (Wildman–Crippen LogP) is 4.22. The average molecular weight is 330 g/mol. The zero-order valence-electron chi connectivity index (χ0n) is 13.3. The number of carbonyl (C=O) groups excluding carboxylic acids is 1. The molecule has 0 aromatic heterocycles.